The highest BCUT2D eigenvalue weighted by atomic mass is 15.1. The lowest BCUT2D eigenvalue weighted by Crippen LogP contribution is -2.15. The van der Waals surface area contributed by atoms with Crippen molar-refractivity contribution in [1.82, 2.24) is 43.6 Å². The van der Waals surface area contributed by atoms with Crippen molar-refractivity contribution in [3.05, 3.63) is 392 Å². The molecule has 5 aromatic heterocycles. The Labute approximate surface area is 676 Å². The SMILES string of the molecule is CC1(C)c2ccccc2-c2cc3c4ccccc4n(-c4cc(-c5ccccc5)cc(-c5nc(-c6ccccc6)nc(-c6cccc(-c7ccc8c(c7)-c7cc9c%10ccccc%10n(-c%10cc(-c%11ccc%12c(c%11)c%11ccccc%11n%12-c%11ccccc%11)cc(-c%11nc(-c%12ccccc%12)nc(-c%12ccccc%12)n%11)c%10)c9cc7C8(C)C)c6)n5)c4)c3cc21. The van der Waals surface area contributed by atoms with Crippen molar-refractivity contribution in [1.29, 1.82) is 0 Å². The smallest absolute Gasteiger partial charge is 0.164 e. The van der Waals surface area contributed by atoms with Crippen molar-refractivity contribution in [2.75, 3.05) is 0 Å². The summed E-state index contributed by atoms with van der Waals surface area (Å²) in [5.74, 6) is 3.55. The van der Waals surface area contributed by atoms with E-state index in [1.807, 2.05) is 54.6 Å². The van der Waals surface area contributed by atoms with Crippen LogP contribution in [-0.4, -0.2) is 43.6 Å². The molecule has 0 N–H and O–H groups in total. The van der Waals surface area contributed by atoms with Crippen LogP contribution >= 0.6 is 0 Å². The van der Waals surface area contributed by atoms with Crippen molar-refractivity contribution in [2.24, 2.45) is 0 Å². The normalized spacial score (nSPS) is 13.1. The zero-order valence-electron chi connectivity index (χ0n) is 64.7. The van der Waals surface area contributed by atoms with Crippen molar-refractivity contribution >= 4 is 65.4 Å². The number of fused-ring (bicyclic) bond motifs is 15. The molecule has 550 valence electrons. The maximum absolute atomic E-state index is 5.55. The first-order valence-electron chi connectivity index (χ1n) is 40.1. The molecule has 9 heteroatoms. The van der Waals surface area contributed by atoms with Gasteiger partial charge in [0.05, 0.1) is 33.1 Å². The average molecular weight is 1500 g/mol. The first-order valence-corrected chi connectivity index (χ1v) is 40.1. The summed E-state index contributed by atoms with van der Waals surface area (Å²) in [5.41, 5.74) is 31.4. The number of rotatable bonds is 12. The molecule has 16 aromatic carbocycles. The van der Waals surface area contributed by atoms with Gasteiger partial charge in [0, 0.05) is 93.6 Å². The van der Waals surface area contributed by atoms with Gasteiger partial charge in [-0.3, -0.25) is 0 Å². The van der Waals surface area contributed by atoms with Gasteiger partial charge in [-0.15, -0.1) is 0 Å². The molecule has 0 spiro atoms. The van der Waals surface area contributed by atoms with Crippen LogP contribution in [0.1, 0.15) is 49.9 Å². The summed E-state index contributed by atoms with van der Waals surface area (Å²) >= 11 is 0. The van der Waals surface area contributed by atoms with Gasteiger partial charge in [0.25, 0.3) is 0 Å². The van der Waals surface area contributed by atoms with Crippen LogP contribution in [0.5, 0.6) is 0 Å². The van der Waals surface area contributed by atoms with Gasteiger partial charge in [-0.25, -0.2) is 29.9 Å². The van der Waals surface area contributed by atoms with Crippen LogP contribution < -0.4 is 0 Å². The fraction of sp³-hybridized carbons (Fsp3) is 0.0556. The van der Waals surface area contributed by atoms with Gasteiger partial charge in [0.15, 0.2) is 34.9 Å². The van der Waals surface area contributed by atoms with Crippen LogP contribution in [0, 0.1) is 0 Å². The molecule has 0 radical (unpaired) electrons. The van der Waals surface area contributed by atoms with Crippen LogP contribution in [0.2, 0.25) is 0 Å². The largest absolute Gasteiger partial charge is 0.309 e. The highest BCUT2D eigenvalue weighted by Gasteiger charge is 2.39. The minimum absolute atomic E-state index is 0.189. The van der Waals surface area contributed by atoms with Crippen molar-refractivity contribution < 1.29 is 0 Å². The zero-order chi connectivity index (χ0) is 77.8. The summed E-state index contributed by atoms with van der Waals surface area (Å²) in [4.78, 5) is 32.3. The van der Waals surface area contributed by atoms with Crippen molar-refractivity contribution in [2.45, 2.75) is 38.5 Å². The lowest BCUT2D eigenvalue weighted by Gasteiger charge is -2.22. The van der Waals surface area contributed by atoms with Crippen LogP contribution in [-0.2, 0) is 10.8 Å². The maximum atomic E-state index is 5.55. The van der Waals surface area contributed by atoms with E-state index in [1.165, 1.54) is 66.1 Å². The number of aromatic nitrogens is 9. The fourth-order valence-corrected chi connectivity index (χ4v) is 18.9. The molecular weight excluding hydrogens is 1420 g/mol. The van der Waals surface area contributed by atoms with Gasteiger partial charge in [-0.1, -0.05) is 282 Å². The van der Waals surface area contributed by atoms with Gasteiger partial charge in [0.2, 0.25) is 0 Å². The van der Waals surface area contributed by atoms with Crippen LogP contribution in [0.4, 0.5) is 0 Å². The Bertz CT molecular complexity index is 7610. The monoisotopic (exact) mass is 1500 g/mol. The summed E-state index contributed by atoms with van der Waals surface area (Å²) in [5, 5.41) is 7.09. The molecule has 21 aromatic rings. The van der Waals surface area contributed by atoms with Crippen LogP contribution in [0.15, 0.2) is 370 Å². The highest BCUT2D eigenvalue weighted by molar-refractivity contribution is 6.14. The first kappa shape index (κ1) is 67.6. The third kappa shape index (κ3) is 10.9. The zero-order valence-corrected chi connectivity index (χ0v) is 64.7. The molecule has 0 unspecified atom stereocenters. The molecule has 0 aliphatic heterocycles. The van der Waals surface area contributed by atoms with E-state index in [4.69, 9.17) is 29.9 Å². The molecule has 0 atom stereocenters. The summed E-state index contributed by atoms with van der Waals surface area (Å²) in [6, 6.07) is 134. The number of nitrogens with zero attached hydrogens (tertiary/aromatic N) is 9. The van der Waals surface area contributed by atoms with Crippen LogP contribution in [0.25, 0.3) is 206 Å². The summed E-state index contributed by atoms with van der Waals surface area (Å²) in [6.45, 7) is 9.48. The molecule has 9 nitrogen and oxygen atoms in total. The predicted octanol–water partition coefficient (Wildman–Crippen LogP) is 27.0. The van der Waals surface area contributed by atoms with Gasteiger partial charge in [0.1, 0.15) is 0 Å². The molecule has 2 aliphatic carbocycles. The van der Waals surface area contributed by atoms with E-state index in [9.17, 15) is 0 Å². The third-order valence-corrected chi connectivity index (χ3v) is 24.7. The Morgan fingerprint density at radius 1 is 0.171 bits per heavy atom. The Kier molecular flexibility index (Phi) is 15.2. The molecule has 23 rings (SSSR count). The van der Waals surface area contributed by atoms with Gasteiger partial charge < -0.3 is 13.7 Å². The minimum atomic E-state index is -0.369. The van der Waals surface area contributed by atoms with E-state index < -0.39 is 0 Å². The second-order valence-corrected chi connectivity index (χ2v) is 32.2. The van der Waals surface area contributed by atoms with E-state index in [0.29, 0.717) is 34.9 Å². The van der Waals surface area contributed by atoms with Gasteiger partial charge >= 0.3 is 0 Å². The lowest BCUT2D eigenvalue weighted by atomic mass is 9.82. The Morgan fingerprint density at radius 3 is 1.01 bits per heavy atom. The lowest BCUT2D eigenvalue weighted by molar-refractivity contribution is 0.661. The van der Waals surface area contributed by atoms with E-state index in [2.05, 4.69) is 357 Å². The molecule has 0 saturated heterocycles. The second kappa shape index (κ2) is 26.3. The average Bonchev–Trinajstić information content (AvgIpc) is 1.48. The van der Waals surface area contributed by atoms with Crippen LogP contribution in [0.3, 0.4) is 0 Å². The quantitative estimate of drug-likeness (QED) is 0.121. The molecular formula is C108H73N9. The maximum Gasteiger partial charge on any atom is 0.164 e. The predicted molar refractivity (Wildman–Crippen MR) is 480 cm³/mol. The Balaban J connectivity index is 0.662. The van der Waals surface area contributed by atoms with Gasteiger partial charge in [-0.2, -0.15) is 0 Å². The summed E-state index contributed by atoms with van der Waals surface area (Å²) in [7, 11) is 0. The molecule has 0 bridgehead atoms. The molecule has 5 heterocycles. The minimum Gasteiger partial charge on any atom is -0.309 e. The van der Waals surface area contributed by atoms with E-state index in [1.54, 1.807) is 0 Å². The first-order chi connectivity index (χ1) is 57.5. The van der Waals surface area contributed by atoms with Crippen molar-refractivity contribution in [3.63, 3.8) is 0 Å². The highest BCUT2D eigenvalue weighted by Crippen LogP contribution is 2.54. The molecule has 0 fully saturated rings. The number of benzene rings is 16. The van der Waals surface area contributed by atoms with E-state index in [-0.39, 0.29) is 10.8 Å². The van der Waals surface area contributed by atoms with Crippen molar-refractivity contribution in [3.8, 4) is 141 Å². The number of hydrogen-bond donors (Lipinski definition) is 0. The fourth-order valence-electron chi connectivity index (χ4n) is 18.9. The molecule has 2 aliphatic rings. The molecule has 117 heavy (non-hydrogen) atoms. The second-order valence-electron chi connectivity index (χ2n) is 32.2. The third-order valence-electron chi connectivity index (χ3n) is 24.7. The number of hydrogen-bond acceptors (Lipinski definition) is 6. The summed E-state index contributed by atoms with van der Waals surface area (Å²) in [6.07, 6.45) is 0. The summed E-state index contributed by atoms with van der Waals surface area (Å²) < 4.78 is 7.30. The van der Waals surface area contributed by atoms with E-state index >= 15 is 0 Å². The molecule has 0 saturated carbocycles. The van der Waals surface area contributed by atoms with E-state index in [0.717, 1.165) is 128 Å². The topological polar surface area (TPSA) is 92.1 Å². The Hall–Kier alpha value is -15.1. The van der Waals surface area contributed by atoms with Gasteiger partial charge in [-0.05, 0) is 193 Å². The number of para-hydroxylation sites is 4. The molecule has 0 amide bonds. The standard InChI is InChI=1S/C108H73N9/c1-107(2)91-45-24-20-41-81(91)86-62-89-83-43-22-26-47-96(83)116(99(89)64-93(86)107)79-56-74(66-29-10-5-11-30-66)54-76(58-79)106-113-103(69-35-16-8-17-36-69)110-104(114-106)73-38-28-37-70(53-73)71-49-51-92-85(60-71)87-63-90-84-44-23-27-48-97(84)117(100(90)65-94(87)108(92,3)4)80-57-75(72-50-52-98-88(61-72)82-42-21-25-46-95(82)115(98)78-39-18-9-19-40-78)55-77(59-80)105-111-101(67-31-12-6-13-32-67)109-102(112-105)68-33-14-7-15-34-68/h5-65H,1-4H3. The Morgan fingerprint density at radius 2 is 0.496 bits per heavy atom.